The second-order valence-electron chi connectivity index (χ2n) is 5.84. The summed E-state index contributed by atoms with van der Waals surface area (Å²) >= 11 is 0. The fraction of sp³-hybridized carbons (Fsp3) is 0.833. The van der Waals surface area contributed by atoms with Gasteiger partial charge in [0.15, 0.2) is 0 Å². The Balaban J connectivity index is 1.87. The first-order valence-electron chi connectivity index (χ1n) is 5.86. The van der Waals surface area contributed by atoms with Gasteiger partial charge in [0.25, 0.3) is 0 Å². The van der Waals surface area contributed by atoms with Crippen LogP contribution in [0.3, 0.4) is 0 Å². The fourth-order valence-corrected chi connectivity index (χ4v) is 2.47. The molecule has 2 aliphatic rings. The molecule has 16 heavy (non-hydrogen) atoms. The zero-order chi connectivity index (χ0) is 12.0. The largest absolute Gasteiger partial charge is 0.444 e. The topological polar surface area (TPSA) is 55.4 Å². The molecule has 1 N–H and O–H groups in total. The van der Waals surface area contributed by atoms with Crippen molar-refractivity contribution in [2.45, 2.75) is 58.1 Å². The van der Waals surface area contributed by atoms with Crippen LogP contribution in [0.4, 0.5) is 4.79 Å². The Morgan fingerprint density at radius 1 is 1.44 bits per heavy atom. The molecule has 0 aromatic heterocycles. The zero-order valence-electron chi connectivity index (χ0n) is 10.1. The molecule has 2 aliphatic carbocycles. The Hall–Kier alpha value is -1.06. The van der Waals surface area contributed by atoms with E-state index in [1.54, 1.807) is 0 Å². The number of ketones is 1. The van der Waals surface area contributed by atoms with Crippen LogP contribution in [-0.4, -0.2) is 23.5 Å². The Kier molecular flexibility index (Phi) is 2.48. The minimum Gasteiger partial charge on any atom is -0.444 e. The normalized spacial score (nSPS) is 26.9. The van der Waals surface area contributed by atoms with Gasteiger partial charge in [-0.3, -0.25) is 4.79 Å². The summed E-state index contributed by atoms with van der Waals surface area (Å²) in [4.78, 5) is 23.1. The Morgan fingerprint density at radius 2 is 2.06 bits per heavy atom. The van der Waals surface area contributed by atoms with Crippen LogP contribution >= 0.6 is 0 Å². The summed E-state index contributed by atoms with van der Waals surface area (Å²) in [6, 6.07) is 0.00333. The average Bonchev–Trinajstić information content (AvgIpc) is 1.95. The lowest BCUT2D eigenvalue weighted by Gasteiger charge is -2.53. The van der Waals surface area contributed by atoms with Crippen molar-refractivity contribution >= 4 is 11.9 Å². The summed E-state index contributed by atoms with van der Waals surface area (Å²) in [6.07, 6.45) is 3.01. The lowest BCUT2D eigenvalue weighted by molar-refractivity contribution is -0.149. The second-order valence-corrected chi connectivity index (χ2v) is 5.84. The van der Waals surface area contributed by atoms with Gasteiger partial charge in [-0.2, -0.15) is 0 Å². The molecule has 2 rings (SSSR count). The van der Waals surface area contributed by atoms with E-state index >= 15 is 0 Å². The first kappa shape index (κ1) is 11.4. The molecule has 1 spiro atoms. The van der Waals surface area contributed by atoms with Crippen molar-refractivity contribution in [2.75, 3.05) is 0 Å². The zero-order valence-corrected chi connectivity index (χ0v) is 10.1. The number of carbonyl (C=O) groups excluding carboxylic acids is 2. The number of ether oxygens (including phenoxy) is 1. The van der Waals surface area contributed by atoms with E-state index in [9.17, 15) is 9.59 Å². The van der Waals surface area contributed by atoms with Gasteiger partial charge in [-0.05, 0) is 33.6 Å². The number of hydrogen-bond donors (Lipinski definition) is 1. The van der Waals surface area contributed by atoms with E-state index < -0.39 is 11.7 Å². The average molecular weight is 225 g/mol. The van der Waals surface area contributed by atoms with Crippen LogP contribution in [0.15, 0.2) is 0 Å². The van der Waals surface area contributed by atoms with Crippen molar-refractivity contribution in [1.29, 1.82) is 0 Å². The van der Waals surface area contributed by atoms with E-state index in [0.717, 1.165) is 19.3 Å². The van der Waals surface area contributed by atoms with E-state index in [1.807, 2.05) is 20.8 Å². The van der Waals surface area contributed by atoms with Crippen molar-refractivity contribution in [3.8, 4) is 0 Å². The fourth-order valence-electron chi connectivity index (χ4n) is 2.47. The molecule has 1 atom stereocenters. The highest BCUT2D eigenvalue weighted by atomic mass is 16.6. The molecule has 0 saturated heterocycles. The monoisotopic (exact) mass is 225 g/mol. The number of carbonyl (C=O) groups is 2. The van der Waals surface area contributed by atoms with Gasteiger partial charge in [0, 0.05) is 11.8 Å². The molecular weight excluding hydrogens is 206 g/mol. The van der Waals surface area contributed by atoms with Gasteiger partial charge in [-0.25, -0.2) is 4.79 Å². The van der Waals surface area contributed by atoms with Crippen LogP contribution in [0.1, 0.15) is 46.5 Å². The van der Waals surface area contributed by atoms with E-state index in [1.165, 1.54) is 0 Å². The lowest BCUT2D eigenvalue weighted by atomic mass is 9.52. The smallest absolute Gasteiger partial charge is 0.407 e. The molecule has 0 aliphatic heterocycles. The number of hydrogen-bond acceptors (Lipinski definition) is 3. The molecule has 1 amide bonds. The molecule has 2 fully saturated rings. The van der Waals surface area contributed by atoms with Crippen molar-refractivity contribution in [2.24, 2.45) is 5.41 Å². The molecule has 2 saturated carbocycles. The minimum absolute atomic E-state index is 0.00333. The number of Topliss-reactive ketones (excluding diaryl/α,β-unsaturated/α-hetero) is 1. The molecule has 0 heterocycles. The van der Waals surface area contributed by atoms with Crippen molar-refractivity contribution in [3.05, 3.63) is 0 Å². The summed E-state index contributed by atoms with van der Waals surface area (Å²) in [6.45, 7) is 5.49. The molecule has 0 aromatic rings. The van der Waals surface area contributed by atoms with Gasteiger partial charge in [-0.1, -0.05) is 6.42 Å². The highest BCUT2D eigenvalue weighted by Crippen LogP contribution is 2.53. The molecule has 90 valence electrons. The minimum atomic E-state index is -0.482. The predicted molar refractivity (Wildman–Crippen MR) is 59.1 cm³/mol. The van der Waals surface area contributed by atoms with Gasteiger partial charge in [-0.15, -0.1) is 0 Å². The highest BCUT2D eigenvalue weighted by molar-refractivity contribution is 5.94. The van der Waals surface area contributed by atoms with Crippen LogP contribution in [0.25, 0.3) is 0 Å². The van der Waals surface area contributed by atoms with E-state index in [4.69, 9.17) is 4.74 Å². The van der Waals surface area contributed by atoms with Crippen molar-refractivity contribution < 1.29 is 14.3 Å². The third kappa shape index (κ3) is 1.81. The number of amides is 1. The van der Waals surface area contributed by atoms with Crippen LogP contribution in [0.5, 0.6) is 0 Å². The SMILES string of the molecule is CC(C)(C)OC(=O)N[C@H]1CC(=O)C12CCC2. The number of alkyl carbamates (subject to hydrolysis) is 1. The van der Waals surface area contributed by atoms with E-state index in [0.29, 0.717) is 12.2 Å². The molecule has 4 heteroatoms. The molecule has 4 nitrogen and oxygen atoms in total. The lowest BCUT2D eigenvalue weighted by Crippen LogP contribution is -2.65. The maximum atomic E-state index is 11.6. The van der Waals surface area contributed by atoms with Gasteiger partial charge < -0.3 is 10.1 Å². The molecular formula is C12H19NO3. The van der Waals surface area contributed by atoms with Crippen LogP contribution in [0, 0.1) is 5.41 Å². The summed E-state index contributed by atoms with van der Waals surface area (Å²) < 4.78 is 5.18. The number of nitrogens with one attached hydrogen (secondary N) is 1. The standard InChI is InChI=1S/C12H19NO3/c1-11(2,3)16-10(15)13-8-7-9(14)12(8)5-4-6-12/h8H,4-7H2,1-3H3,(H,13,15)/t8-/m0/s1. The predicted octanol–water partition coefficient (Wildman–Crippen LogP) is 2.02. The van der Waals surface area contributed by atoms with Gasteiger partial charge in [0.1, 0.15) is 11.4 Å². The molecule has 0 unspecified atom stereocenters. The quantitative estimate of drug-likeness (QED) is 0.742. The summed E-state index contributed by atoms with van der Waals surface area (Å²) in [5.41, 5.74) is -0.707. The number of rotatable bonds is 1. The van der Waals surface area contributed by atoms with Crippen molar-refractivity contribution in [3.63, 3.8) is 0 Å². The van der Waals surface area contributed by atoms with Crippen LogP contribution in [-0.2, 0) is 9.53 Å². The van der Waals surface area contributed by atoms with Gasteiger partial charge >= 0.3 is 6.09 Å². The summed E-state index contributed by atoms with van der Waals surface area (Å²) in [5, 5.41) is 2.81. The summed E-state index contributed by atoms with van der Waals surface area (Å²) in [7, 11) is 0. The third-order valence-electron chi connectivity index (χ3n) is 3.55. The summed E-state index contributed by atoms with van der Waals surface area (Å²) in [5.74, 6) is 0.305. The molecule has 0 aromatic carbocycles. The van der Waals surface area contributed by atoms with Crippen LogP contribution < -0.4 is 5.32 Å². The van der Waals surface area contributed by atoms with E-state index in [2.05, 4.69) is 5.32 Å². The highest BCUT2D eigenvalue weighted by Gasteiger charge is 2.58. The molecule has 0 radical (unpaired) electrons. The first-order chi connectivity index (χ1) is 7.33. The second kappa shape index (κ2) is 3.47. The Morgan fingerprint density at radius 3 is 2.44 bits per heavy atom. The first-order valence-corrected chi connectivity index (χ1v) is 5.86. The van der Waals surface area contributed by atoms with Gasteiger partial charge in [0.05, 0.1) is 6.04 Å². The van der Waals surface area contributed by atoms with Crippen molar-refractivity contribution in [1.82, 2.24) is 5.32 Å². The molecule has 0 bridgehead atoms. The maximum Gasteiger partial charge on any atom is 0.407 e. The van der Waals surface area contributed by atoms with E-state index in [-0.39, 0.29) is 11.5 Å². The maximum absolute atomic E-state index is 11.6. The van der Waals surface area contributed by atoms with Gasteiger partial charge in [0.2, 0.25) is 0 Å². The third-order valence-corrected chi connectivity index (χ3v) is 3.55. The Labute approximate surface area is 95.7 Å². The Bertz CT molecular complexity index is 326. The van der Waals surface area contributed by atoms with Crippen LogP contribution in [0.2, 0.25) is 0 Å².